The molecular weight excluding hydrogens is 156 g/mol. The second-order valence-corrected chi connectivity index (χ2v) is 3.52. The second kappa shape index (κ2) is 2.21. The van der Waals surface area contributed by atoms with Gasteiger partial charge in [-0.2, -0.15) is 0 Å². The number of carbonyl (C=O) groups is 1. The Balaban J connectivity index is 2.33. The van der Waals surface area contributed by atoms with Gasteiger partial charge in [-0.3, -0.25) is 4.79 Å². The smallest absolute Gasteiger partial charge is 0.265 e. The monoisotopic (exact) mass is 168 g/mol. The minimum absolute atomic E-state index is 0.134. The number of amides is 1. The minimum atomic E-state index is -0.788. The summed E-state index contributed by atoms with van der Waals surface area (Å²) in [6.45, 7) is 1.89. The Labute approximate surface area is 70.7 Å². The van der Waals surface area contributed by atoms with E-state index in [1.54, 1.807) is 0 Å². The van der Waals surface area contributed by atoms with Crippen molar-refractivity contribution < 1.29 is 9.63 Å². The van der Waals surface area contributed by atoms with Crippen LogP contribution in [0.25, 0.3) is 0 Å². The van der Waals surface area contributed by atoms with Gasteiger partial charge in [0.2, 0.25) is 5.60 Å². The standard InChI is InChI=1S/C8H12N2O2/c1-5-6-3-2-4-8(6,7(9)11)12-10-5/h6H,2-4H2,1H3,(H2,9,11). The number of carbonyl (C=O) groups excluding carboxylic acids is 1. The van der Waals surface area contributed by atoms with E-state index in [1.165, 1.54) is 0 Å². The van der Waals surface area contributed by atoms with Crippen molar-refractivity contribution in [3.63, 3.8) is 0 Å². The first-order valence-corrected chi connectivity index (χ1v) is 4.19. The van der Waals surface area contributed by atoms with Crippen LogP contribution in [-0.2, 0) is 9.63 Å². The fourth-order valence-corrected chi connectivity index (χ4v) is 2.19. The number of hydrogen-bond acceptors (Lipinski definition) is 3. The highest BCUT2D eigenvalue weighted by molar-refractivity contribution is 5.96. The number of nitrogens with zero attached hydrogens (tertiary/aromatic N) is 1. The van der Waals surface area contributed by atoms with Gasteiger partial charge in [-0.05, 0) is 26.2 Å². The molecule has 1 fully saturated rings. The molecule has 1 heterocycles. The van der Waals surface area contributed by atoms with Crippen LogP contribution in [0, 0.1) is 5.92 Å². The third-order valence-corrected chi connectivity index (χ3v) is 2.88. The maximum Gasteiger partial charge on any atom is 0.265 e. The van der Waals surface area contributed by atoms with Crippen LogP contribution < -0.4 is 5.73 Å². The molecule has 0 saturated heterocycles. The number of hydrogen-bond donors (Lipinski definition) is 1. The van der Waals surface area contributed by atoms with E-state index in [1.807, 2.05) is 6.92 Å². The average molecular weight is 168 g/mol. The summed E-state index contributed by atoms with van der Waals surface area (Å²) >= 11 is 0. The lowest BCUT2D eigenvalue weighted by molar-refractivity contribution is -0.142. The van der Waals surface area contributed by atoms with Crippen molar-refractivity contribution in [2.45, 2.75) is 31.8 Å². The van der Waals surface area contributed by atoms with Gasteiger partial charge in [-0.15, -0.1) is 0 Å². The average Bonchev–Trinajstić information content (AvgIpc) is 2.53. The predicted molar refractivity (Wildman–Crippen MR) is 43.5 cm³/mol. The van der Waals surface area contributed by atoms with E-state index in [0.29, 0.717) is 6.42 Å². The fourth-order valence-electron chi connectivity index (χ4n) is 2.19. The zero-order valence-corrected chi connectivity index (χ0v) is 7.04. The summed E-state index contributed by atoms with van der Waals surface area (Å²) < 4.78 is 0. The maximum atomic E-state index is 11.2. The van der Waals surface area contributed by atoms with Crippen LogP contribution in [0.4, 0.5) is 0 Å². The van der Waals surface area contributed by atoms with Gasteiger partial charge >= 0.3 is 0 Å². The van der Waals surface area contributed by atoms with Crippen LogP contribution in [0.1, 0.15) is 26.2 Å². The van der Waals surface area contributed by atoms with E-state index in [2.05, 4.69) is 5.16 Å². The van der Waals surface area contributed by atoms with Gasteiger partial charge in [-0.25, -0.2) is 0 Å². The highest BCUT2D eigenvalue weighted by Gasteiger charge is 2.55. The molecule has 1 aliphatic heterocycles. The molecule has 0 bridgehead atoms. The van der Waals surface area contributed by atoms with E-state index in [4.69, 9.17) is 10.6 Å². The van der Waals surface area contributed by atoms with Gasteiger partial charge in [0, 0.05) is 0 Å². The molecule has 1 amide bonds. The second-order valence-electron chi connectivity index (χ2n) is 3.52. The Morgan fingerprint density at radius 3 is 3.17 bits per heavy atom. The Bertz CT molecular complexity index is 262. The minimum Gasteiger partial charge on any atom is -0.378 e. The van der Waals surface area contributed by atoms with Crippen LogP contribution in [0.2, 0.25) is 0 Å². The Hall–Kier alpha value is -1.06. The summed E-state index contributed by atoms with van der Waals surface area (Å²) in [5.74, 6) is -0.236. The number of nitrogens with two attached hydrogens (primary N) is 1. The van der Waals surface area contributed by atoms with E-state index in [-0.39, 0.29) is 11.8 Å². The highest BCUT2D eigenvalue weighted by Crippen LogP contribution is 2.43. The molecule has 0 spiro atoms. The van der Waals surface area contributed by atoms with E-state index in [0.717, 1.165) is 18.6 Å². The molecule has 0 aromatic rings. The largest absolute Gasteiger partial charge is 0.378 e. The molecule has 4 nitrogen and oxygen atoms in total. The van der Waals surface area contributed by atoms with Crippen molar-refractivity contribution in [1.82, 2.24) is 0 Å². The fraction of sp³-hybridized carbons (Fsp3) is 0.750. The molecule has 0 aromatic heterocycles. The van der Waals surface area contributed by atoms with E-state index >= 15 is 0 Å². The van der Waals surface area contributed by atoms with E-state index in [9.17, 15) is 4.79 Å². The molecule has 12 heavy (non-hydrogen) atoms. The van der Waals surface area contributed by atoms with Gasteiger partial charge in [0.1, 0.15) is 0 Å². The summed E-state index contributed by atoms with van der Waals surface area (Å²) in [6.07, 6.45) is 2.69. The first-order chi connectivity index (χ1) is 5.67. The number of oxime groups is 1. The molecule has 0 radical (unpaired) electrons. The lowest BCUT2D eigenvalue weighted by Gasteiger charge is -2.22. The molecule has 2 atom stereocenters. The van der Waals surface area contributed by atoms with Gasteiger partial charge in [-0.1, -0.05) is 5.16 Å². The Kier molecular flexibility index (Phi) is 1.40. The zero-order valence-electron chi connectivity index (χ0n) is 7.04. The summed E-state index contributed by atoms with van der Waals surface area (Å²) in [5, 5.41) is 3.83. The molecule has 2 unspecified atom stereocenters. The van der Waals surface area contributed by atoms with Crippen molar-refractivity contribution in [3.8, 4) is 0 Å². The summed E-state index contributed by atoms with van der Waals surface area (Å²) in [4.78, 5) is 16.3. The van der Waals surface area contributed by atoms with Gasteiger partial charge in [0.25, 0.3) is 5.91 Å². The normalized spacial score (nSPS) is 38.8. The van der Waals surface area contributed by atoms with Crippen LogP contribution in [-0.4, -0.2) is 17.2 Å². The SMILES string of the molecule is CC1=NOC2(C(N)=O)CCCC12. The molecule has 4 heteroatoms. The summed E-state index contributed by atoms with van der Waals surface area (Å²) in [5.41, 5.74) is 5.42. The van der Waals surface area contributed by atoms with Gasteiger partial charge in [0.05, 0.1) is 11.6 Å². The lowest BCUT2D eigenvalue weighted by Crippen LogP contribution is -2.46. The quantitative estimate of drug-likeness (QED) is 0.616. The van der Waals surface area contributed by atoms with Crippen molar-refractivity contribution >= 4 is 11.6 Å². The van der Waals surface area contributed by atoms with Crippen LogP contribution >= 0.6 is 0 Å². The predicted octanol–water partition coefficient (Wildman–Crippen LogP) is 0.417. The zero-order chi connectivity index (χ0) is 8.77. The van der Waals surface area contributed by atoms with Gasteiger partial charge < -0.3 is 10.6 Å². The number of fused-ring (bicyclic) bond motifs is 1. The highest BCUT2D eigenvalue weighted by atomic mass is 16.7. The third kappa shape index (κ3) is 0.722. The molecule has 1 aliphatic carbocycles. The summed E-state index contributed by atoms with van der Waals surface area (Å²) in [7, 11) is 0. The van der Waals surface area contributed by atoms with Crippen LogP contribution in [0.15, 0.2) is 5.16 Å². The topological polar surface area (TPSA) is 64.7 Å². The van der Waals surface area contributed by atoms with Crippen molar-refractivity contribution in [2.75, 3.05) is 0 Å². The van der Waals surface area contributed by atoms with Crippen molar-refractivity contribution in [1.29, 1.82) is 0 Å². The molecule has 1 saturated carbocycles. The summed E-state index contributed by atoms with van der Waals surface area (Å²) in [6, 6.07) is 0. The Morgan fingerprint density at radius 2 is 2.58 bits per heavy atom. The lowest BCUT2D eigenvalue weighted by atomic mass is 9.88. The molecule has 66 valence electrons. The first-order valence-electron chi connectivity index (χ1n) is 4.19. The Morgan fingerprint density at radius 1 is 1.83 bits per heavy atom. The molecule has 2 N–H and O–H groups in total. The van der Waals surface area contributed by atoms with Crippen molar-refractivity contribution in [3.05, 3.63) is 0 Å². The number of primary amides is 1. The van der Waals surface area contributed by atoms with Gasteiger partial charge in [0.15, 0.2) is 0 Å². The molecular formula is C8H12N2O2. The third-order valence-electron chi connectivity index (χ3n) is 2.88. The first kappa shape index (κ1) is 7.58. The number of rotatable bonds is 1. The maximum absolute atomic E-state index is 11.2. The van der Waals surface area contributed by atoms with E-state index < -0.39 is 5.60 Å². The van der Waals surface area contributed by atoms with Crippen molar-refractivity contribution in [2.24, 2.45) is 16.8 Å². The molecule has 2 aliphatic rings. The van der Waals surface area contributed by atoms with Crippen LogP contribution in [0.3, 0.4) is 0 Å². The molecule has 0 aromatic carbocycles. The molecule has 2 rings (SSSR count). The van der Waals surface area contributed by atoms with Crippen LogP contribution in [0.5, 0.6) is 0 Å².